The second-order valence-electron chi connectivity index (χ2n) is 6.16. The summed E-state index contributed by atoms with van der Waals surface area (Å²) >= 11 is 0. The maximum absolute atomic E-state index is 5.28. The largest absolute Gasteiger partial charge is 0.383 e. The molecule has 3 unspecified atom stereocenters. The second-order valence-corrected chi connectivity index (χ2v) is 6.16. The van der Waals surface area contributed by atoms with Crippen LogP contribution in [0.1, 0.15) is 39.5 Å². The topological polar surface area (TPSA) is 33.7 Å². The average Bonchev–Trinajstić information content (AvgIpc) is 2.44. The van der Waals surface area contributed by atoms with E-state index in [0.29, 0.717) is 12.1 Å². The molecule has 0 aromatic heterocycles. The minimum Gasteiger partial charge on any atom is -0.383 e. The van der Waals surface area contributed by atoms with Crippen molar-refractivity contribution in [3.63, 3.8) is 0 Å². The fourth-order valence-electron chi connectivity index (χ4n) is 3.12. The highest BCUT2D eigenvalue weighted by molar-refractivity contribution is 4.79. The SMILES string of the molecule is COCCN(CCNC1CCCCC1C)C(C)COC. The van der Waals surface area contributed by atoms with Crippen molar-refractivity contribution in [3.05, 3.63) is 0 Å². The molecule has 0 saturated heterocycles. The third kappa shape index (κ3) is 6.53. The molecule has 1 rings (SSSR count). The van der Waals surface area contributed by atoms with Gasteiger partial charge in [0.2, 0.25) is 0 Å². The molecular weight excluding hydrogens is 252 g/mol. The van der Waals surface area contributed by atoms with Gasteiger partial charge in [-0.2, -0.15) is 0 Å². The molecule has 0 bridgehead atoms. The van der Waals surface area contributed by atoms with Gasteiger partial charge in [0.15, 0.2) is 0 Å². The van der Waals surface area contributed by atoms with Gasteiger partial charge in [0.1, 0.15) is 0 Å². The van der Waals surface area contributed by atoms with Crippen LogP contribution in [0.5, 0.6) is 0 Å². The van der Waals surface area contributed by atoms with Crippen LogP contribution in [0.2, 0.25) is 0 Å². The molecule has 1 aliphatic rings. The van der Waals surface area contributed by atoms with E-state index in [1.807, 2.05) is 0 Å². The summed E-state index contributed by atoms with van der Waals surface area (Å²) in [6.45, 7) is 9.28. The van der Waals surface area contributed by atoms with Crippen LogP contribution in [0.15, 0.2) is 0 Å². The van der Waals surface area contributed by atoms with Crippen molar-refractivity contribution in [2.45, 2.75) is 51.6 Å². The van der Waals surface area contributed by atoms with E-state index in [4.69, 9.17) is 9.47 Å². The van der Waals surface area contributed by atoms with E-state index in [1.54, 1.807) is 14.2 Å². The Kier molecular flexibility index (Phi) is 9.44. The van der Waals surface area contributed by atoms with Crippen molar-refractivity contribution in [3.8, 4) is 0 Å². The van der Waals surface area contributed by atoms with E-state index in [2.05, 4.69) is 24.1 Å². The van der Waals surface area contributed by atoms with Gasteiger partial charge in [0, 0.05) is 45.9 Å². The first-order valence-electron chi connectivity index (χ1n) is 8.14. The molecule has 3 atom stereocenters. The van der Waals surface area contributed by atoms with E-state index in [0.717, 1.165) is 38.8 Å². The van der Waals surface area contributed by atoms with Crippen molar-refractivity contribution in [1.82, 2.24) is 10.2 Å². The van der Waals surface area contributed by atoms with Gasteiger partial charge in [0.25, 0.3) is 0 Å². The van der Waals surface area contributed by atoms with E-state index >= 15 is 0 Å². The number of nitrogens with zero attached hydrogens (tertiary/aromatic N) is 1. The molecule has 1 saturated carbocycles. The smallest absolute Gasteiger partial charge is 0.0615 e. The average molecular weight is 286 g/mol. The molecule has 120 valence electrons. The Hall–Kier alpha value is -0.160. The summed E-state index contributed by atoms with van der Waals surface area (Å²) in [5.41, 5.74) is 0. The molecule has 1 N–H and O–H groups in total. The third-order valence-electron chi connectivity index (χ3n) is 4.53. The van der Waals surface area contributed by atoms with Crippen molar-refractivity contribution in [1.29, 1.82) is 0 Å². The summed E-state index contributed by atoms with van der Waals surface area (Å²) in [5, 5.41) is 3.75. The molecule has 0 radical (unpaired) electrons. The Labute approximate surface area is 125 Å². The Morgan fingerprint density at radius 2 is 1.90 bits per heavy atom. The van der Waals surface area contributed by atoms with Crippen LogP contribution in [0.25, 0.3) is 0 Å². The monoisotopic (exact) mass is 286 g/mol. The zero-order chi connectivity index (χ0) is 14.8. The molecule has 0 spiro atoms. The summed E-state index contributed by atoms with van der Waals surface area (Å²) in [4.78, 5) is 2.45. The van der Waals surface area contributed by atoms with Crippen LogP contribution in [0.3, 0.4) is 0 Å². The van der Waals surface area contributed by atoms with E-state index in [1.165, 1.54) is 25.7 Å². The summed E-state index contributed by atoms with van der Waals surface area (Å²) in [6, 6.07) is 1.16. The lowest BCUT2D eigenvalue weighted by Crippen LogP contribution is -2.45. The lowest BCUT2D eigenvalue weighted by molar-refractivity contribution is 0.0744. The quantitative estimate of drug-likeness (QED) is 0.667. The van der Waals surface area contributed by atoms with Crippen molar-refractivity contribution in [2.75, 3.05) is 47.1 Å². The molecule has 0 heterocycles. The van der Waals surface area contributed by atoms with Crippen molar-refractivity contribution < 1.29 is 9.47 Å². The predicted molar refractivity (Wildman–Crippen MR) is 84.2 cm³/mol. The first-order chi connectivity index (χ1) is 9.69. The number of hydrogen-bond donors (Lipinski definition) is 1. The van der Waals surface area contributed by atoms with Crippen LogP contribution in [0, 0.1) is 5.92 Å². The lowest BCUT2D eigenvalue weighted by Gasteiger charge is -2.32. The number of hydrogen-bond acceptors (Lipinski definition) is 4. The molecule has 1 fully saturated rings. The summed E-state index contributed by atoms with van der Waals surface area (Å²) in [5.74, 6) is 0.826. The summed E-state index contributed by atoms with van der Waals surface area (Å²) in [6.07, 6.45) is 5.51. The minimum absolute atomic E-state index is 0.445. The van der Waals surface area contributed by atoms with Crippen LogP contribution in [0.4, 0.5) is 0 Å². The second kappa shape index (κ2) is 10.6. The first-order valence-corrected chi connectivity index (χ1v) is 8.14. The Morgan fingerprint density at radius 1 is 1.15 bits per heavy atom. The van der Waals surface area contributed by atoms with E-state index < -0.39 is 0 Å². The minimum atomic E-state index is 0.445. The Bertz CT molecular complexity index is 239. The fourth-order valence-corrected chi connectivity index (χ4v) is 3.12. The van der Waals surface area contributed by atoms with Crippen LogP contribution in [-0.4, -0.2) is 64.1 Å². The Morgan fingerprint density at radius 3 is 2.55 bits per heavy atom. The standard InChI is InChI=1S/C16H34N2O2/c1-14-7-5-6-8-16(14)17-9-10-18(11-12-19-3)15(2)13-20-4/h14-17H,5-13H2,1-4H3. The lowest BCUT2D eigenvalue weighted by atomic mass is 9.86. The molecule has 20 heavy (non-hydrogen) atoms. The van der Waals surface area contributed by atoms with Crippen LogP contribution >= 0.6 is 0 Å². The highest BCUT2D eigenvalue weighted by Gasteiger charge is 2.21. The van der Waals surface area contributed by atoms with Gasteiger partial charge in [-0.1, -0.05) is 19.8 Å². The summed E-state index contributed by atoms with van der Waals surface area (Å²) < 4.78 is 10.5. The van der Waals surface area contributed by atoms with Gasteiger partial charge in [-0.25, -0.2) is 0 Å². The highest BCUT2D eigenvalue weighted by Crippen LogP contribution is 2.23. The molecule has 0 aromatic rings. The molecule has 0 aliphatic heterocycles. The van der Waals surface area contributed by atoms with Gasteiger partial charge in [-0.3, -0.25) is 4.90 Å². The van der Waals surface area contributed by atoms with Gasteiger partial charge in [0.05, 0.1) is 13.2 Å². The molecule has 1 aliphatic carbocycles. The highest BCUT2D eigenvalue weighted by atomic mass is 16.5. The fraction of sp³-hybridized carbons (Fsp3) is 1.00. The number of nitrogens with one attached hydrogen (secondary N) is 1. The van der Waals surface area contributed by atoms with Gasteiger partial charge >= 0.3 is 0 Å². The molecule has 0 aromatic carbocycles. The molecule has 0 amide bonds. The van der Waals surface area contributed by atoms with Crippen molar-refractivity contribution in [2.24, 2.45) is 5.92 Å². The maximum atomic E-state index is 5.28. The predicted octanol–water partition coefficient (Wildman–Crippen LogP) is 2.14. The summed E-state index contributed by atoms with van der Waals surface area (Å²) in [7, 11) is 3.54. The van der Waals surface area contributed by atoms with Gasteiger partial charge in [-0.15, -0.1) is 0 Å². The number of rotatable bonds is 10. The van der Waals surface area contributed by atoms with Crippen LogP contribution < -0.4 is 5.32 Å². The first kappa shape index (κ1) is 17.9. The van der Waals surface area contributed by atoms with Gasteiger partial charge < -0.3 is 14.8 Å². The normalized spacial score (nSPS) is 25.1. The van der Waals surface area contributed by atoms with E-state index in [9.17, 15) is 0 Å². The number of ether oxygens (including phenoxy) is 2. The Balaban J connectivity index is 2.29. The molecular formula is C16H34N2O2. The van der Waals surface area contributed by atoms with Gasteiger partial charge in [-0.05, 0) is 25.7 Å². The zero-order valence-corrected chi connectivity index (χ0v) is 13.9. The molecule has 4 nitrogen and oxygen atoms in total. The zero-order valence-electron chi connectivity index (χ0n) is 13.9. The van der Waals surface area contributed by atoms with Crippen molar-refractivity contribution >= 4 is 0 Å². The maximum Gasteiger partial charge on any atom is 0.0615 e. The van der Waals surface area contributed by atoms with Crippen LogP contribution in [-0.2, 0) is 9.47 Å². The molecule has 4 heteroatoms. The third-order valence-corrected chi connectivity index (χ3v) is 4.53. The number of methoxy groups -OCH3 is 2. The van der Waals surface area contributed by atoms with E-state index in [-0.39, 0.29) is 0 Å².